The summed E-state index contributed by atoms with van der Waals surface area (Å²) in [5.74, 6) is 0.675. The number of fused-ring (bicyclic) bond motifs is 1. The minimum atomic E-state index is 0.0329. The molecule has 1 aliphatic rings. The van der Waals surface area contributed by atoms with E-state index in [-0.39, 0.29) is 5.78 Å². The summed E-state index contributed by atoms with van der Waals surface area (Å²) in [7, 11) is 1.61. The largest absolute Gasteiger partial charge is 0.496 e. The van der Waals surface area contributed by atoms with Crippen molar-refractivity contribution in [1.29, 1.82) is 0 Å². The Balaban J connectivity index is 2.16. The molecule has 0 amide bonds. The molecule has 1 heterocycles. The first-order valence-corrected chi connectivity index (χ1v) is 7.25. The number of ether oxygens (including phenoxy) is 1. The Morgan fingerprint density at radius 1 is 1.10 bits per heavy atom. The van der Waals surface area contributed by atoms with E-state index in [1.807, 2.05) is 24.3 Å². The lowest BCUT2D eigenvalue weighted by atomic mass is 9.99. The highest BCUT2D eigenvalue weighted by Crippen LogP contribution is 2.38. The lowest BCUT2D eigenvalue weighted by Crippen LogP contribution is -2.26. The standard InChI is InChI=1S/C18H19NO2/c1-13(20)18-16(10-5-11-17(18)21-2)19-12-6-8-14-7-3-4-9-15(14)19/h3-5,7,9-11H,6,8,12H2,1-2H3. The first-order chi connectivity index (χ1) is 10.2. The molecule has 2 aromatic carbocycles. The Morgan fingerprint density at radius 2 is 1.86 bits per heavy atom. The zero-order chi connectivity index (χ0) is 14.8. The molecule has 3 heteroatoms. The average molecular weight is 281 g/mol. The molecule has 0 bridgehead atoms. The SMILES string of the molecule is COc1cccc(N2CCCc3ccccc32)c1C(C)=O. The Hall–Kier alpha value is -2.29. The van der Waals surface area contributed by atoms with Crippen molar-refractivity contribution in [2.75, 3.05) is 18.6 Å². The van der Waals surface area contributed by atoms with Gasteiger partial charge < -0.3 is 9.64 Å². The van der Waals surface area contributed by atoms with E-state index < -0.39 is 0 Å². The van der Waals surface area contributed by atoms with Gasteiger partial charge >= 0.3 is 0 Å². The van der Waals surface area contributed by atoms with Crippen LogP contribution >= 0.6 is 0 Å². The maximum Gasteiger partial charge on any atom is 0.165 e. The summed E-state index contributed by atoms with van der Waals surface area (Å²) in [6.45, 7) is 2.52. The van der Waals surface area contributed by atoms with Gasteiger partial charge in [-0.1, -0.05) is 24.3 Å². The molecule has 0 aliphatic carbocycles. The maximum absolute atomic E-state index is 12.1. The van der Waals surface area contributed by atoms with Gasteiger partial charge in [0, 0.05) is 12.2 Å². The van der Waals surface area contributed by atoms with Gasteiger partial charge in [0.1, 0.15) is 5.75 Å². The minimum Gasteiger partial charge on any atom is -0.496 e. The third-order valence-corrected chi connectivity index (χ3v) is 3.98. The van der Waals surface area contributed by atoms with Crippen molar-refractivity contribution in [3.05, 3.63) is 53.6 Å². The second-order valence-electron chi connectivity index (χ2n) is 5.29. The van der Waals surface area contributed by atoms with Gasteiger partial charge in [-0.25, -0.2) is 0 Å². The van der Waals surface area contributed by atoms with Crippen LogP contribution in [-0.4, -0.2) is 19.4 Å². The molecule has 2 aromatic rings. The average Bonchev–Trinajstić information content (AvgIpc) is 2.53. The number of ketones is 1. The number of methoxy groups -OCH3 is 1. The van der Waals surface area contributed by atoms with Gasteiger partial charge in [-0.15, -0.1) is 0 Å². The van der Waals surface area contributed by atoms with Gasteiger partial charge in [-0.3, -0.25) is 4.79 Å². The summed E-state index contributed by atoms with van der Waals surface area (Å²) >= 11 is 0. The van der Waals surface area contributed by atoms with E-state index in [2.05, 4.69) is 23.1 Å². The number of carbonyl (C=O) groups is 1. The Morgan fingerprint density at radius 3 is 2.62 bits per heavy atom. The quantitative estimate of drug-likeness (QED) is 0.797. The summed E-state index contributed by atoms with van der Waals surface area (Å²) in [4.78, 5) is 14.3. The molecule has 1 aliphatic heterocycles. The lowest BCUT2D eigenvalue weighted by Gasteiger charge is -2.32. The van der Waals surface area contributed by atoms with Gasteiger partial charge in [0.15, 0.2) is 5.78 Å². The van der Waals surface area contributed by atoms with Crippen molar-refractivity contribution >= 4 is 17.2 Å². The molecule has 0 aromatic heterocycles. The number of hydrogen-bond acceptors (Lipinski definition) is 3. The number of anilines is 2. The van der Waals surface area contributed by atoms with E-state index in [4.69, 9.17) is 4.74 Å². The number of aryl methyl sites for hydroxylation is 1. The molecule has 108 valence electrons. The van der Waals surface area contributed by atoms with Crippen LogP contribution in [0.1, 0.15) is 29.3 Å². The Labute approximate surface area is 125 Å². The Kier molecular flexibility index (Phi) is 3.65. The van der Waals surface area contributed by atoms with Crippen molar-refractivity contribution < 1.29 is 9.53 Å². The van der Waals surface area contributed by atoms with Crippen LogP contribution in [0.2, 0.25) is 0 Å². The molecule has 0 radical (unpaired) electrons. The second kappa shape index (κ2) is 5.60. The van der Waals surface area contributed by atoms with Crippen molar-refractivity contribution in [3.8, 4) is 5.75 Å². The monoisotopic (exact) mass is 281 g/mol. The molecule has 0 saturated carbocycles. The van der Waals surface area contributed by atoms with Gasteiger partial charge in [0.05, 0.1) is 18.4 Å². The smallest absolute Gasteiger partial charge is 0.165 e. The molecule has 0 saturated heterocycles. The molecule has 0 fully saturated rings. The predicted octanol–water partition coefficient (Wildman–Crippen LogP) is 3.98. The minimum absolute atomic E-state index is 0.0329. The van der Waals surface area contributed by atoms with E-state index in [1.54, 1.807) is 14.0 Å². The molecule has 0 N–H and O–H groups in total. The van der Waals surface area contributed by atoms with Crippen LogP contribution in [0, 0.1) is 0 Å². The molecule has 0 atom stereocenters. The fourth-order valence-corrected chi connectivity index (χ4v) is 3.05. The topological polar surface area (TPSA) is 29.5 Å². The summed E-state index contributed by atoms with van der Waals surface area (Å²) in [5, 5.41) is 0. The van der Waals surface area contributed by atoms with E-state index in [9.17, 15) is 4.79 Å². The second-order valence-corrected chi connectivity index (χ2v) is 5.29. The number of benzene rings is 2. The Bertz CT molecular complexity index is 679. The van der Waals surface area contributed by atoms with Crippen LogP contribution in [0.5, 0.6) is 5.75 Å². The maximum atomic E-state index is 12.1. The van der Waals surface area contributed by atoms with E-state index >= 15 is 0 Å². The van der Waals surface area contributed by atoms with Crippen molar-refractivity contribution in [2.24, 2.45) is 0 Å². The first-order valence-electron chi connectivity index (χ1n) is 7.25. The number of nitrogens with zero attached hydrogens (tertiary/aromatic N) is 1. The predicted molar refractivity (Wildman–Crippen MR) is 84.8 cm³/mol. The molecule has 0 spiro atoms. The highest BCUT2D eigenvalue weighted by atomic mass is 16.5. The molecule has 3 rings (SSSR count). The van der Waals surface area contributed by atoms with Crippen LogP contribution in [0.25, 0.3) is 0 Å². The van der Waals surface area contributed by atoms with Crippen LogP contribution in [0.15, 0.2) is 42.5 Å². The normalized spacial score (nSPS) is 13.7. The molecular weight excluding hydrogens is 262 g/mol. The summed E-state index contributed by atoms with van der Waals surface area (Å²) in [6, 6.07) is 14.2. The van der Waals surface area contributed by atoms with Crippen LogP contribution in [0.3, 0.4) is 0 Å². The van der Waals surface area contributed by atoms with Crippen LogP contribution in [-0.2, 0) is 6.42 Å². The fraction of sp³-hybridized carbons (Fsp3) is 0.278. The van der Waals surface area contributed by atoms with Gasteiger partial charge in [0.2, 0.25) is 0 Å². The summed E-state index contributed by atoms with van der Waals surface area (Å²) in [6.07, 6.45) is 2.18. The highest BCUT2D eigenvalue weighted by Gasteiger charge is 2.23. The number of Topliss-reactive ketones (excluding diaryl/α,β-unsaturated/α-hetero) is 1. The third-order valence-electron chi connectivity index (χ3n) is 3.98. The van der Waals surface area contributed by atoms with Crippen LogP contribution in [0.4, 0.5) is 11.4 Å². The summed E-state index contributed by atoms with van der Waals surface area (Å²) in [5.41, 5.74) is 4.13. The molecular formula is C18H19NO2. The van der Waals surface area contributed by atoms with Crippen molar-refractivity contribution in [1.82, 2.24) is 0 Å². The highest BCUT2D eigenvalue weighted by molar-refractivity contribution is 6.03. The van der Waals surface area contributed by atoms with Gasteiger partial charge in [-0.2, -0.15) is 0 Å². The van der Waals surface area contributed by atoms with Crippen LogP contribution < -0.4 is 9.64 Å². The zero-order valence-electron chi connectivity index (χ0n) is 12.4. The van der Waals surface area contributed by atoms with Gasteiger partial charge in [0.25, 0.3) is 0 Å². The first kappa shape index (κ1) is 13.7. The van der Waals surface area contributed by atoms with E-state index in [0.717, 1.165) is 25.1 Å². The van der Waals surface area contributed by atoms with E-state index in [1.165, 1.54) is 11.3 Å². The third kappa shape index (κ3) is 2.40. The van der Waals surface area contributed by atoms with Crippen molar-refractivity contribution in [2.45, 2.75) is 19.8 Å². The number of hydrogen-bond donors (Lipinski definition) is 0. The zero-order valence-corrected chi connectivity index (χ0v) is 12.4. The molecule has 0 unspecified atom stereocenters. The number of carbonyl (C=O) groups excluding carboxylic acids is 1. The summed E-state index contributed by atoms with van der Waals surface area (Å²) < 4.78 is 5.38. The number of para-hydroxylation sites is 1. The number of rotatable bonds is 3. The van der Waals surface area contributed by atoms with Gasteiger partial charge in [-0.05, 0) is 43.5 Å². The molecule has 3 nitrogen and oxygen atoms in total. The van der Waals surface area contributed by atoms with E-state index in [0.29, 0.717) is 11.3 Å². The lowest BCUT2D eigenvalue weighted by molar-refractivity contribution is 0.101. The van der Waals surface area contributed by atoms with Crippen molar-refractivity contribution in [3.63, 3.8) is 0 Å². The molecule has 21 heavy (non-hydrogen) atoms. The fourth-order valence-electron chi connectivity index (χ4n) is 3.05.